The molecule has 4 heterocycles. The molecule has 0 unspecified atom stereocenters. The van der Waals surface area contributed by atoms with Crippen LogP contribution in [0.5, 0.6) is 5.88 Å². The predicted octanol–water partition coefficient (Wildman–Crippen LogP) is 4.38. The summed E-state index contributed by atoms with van der Waals surface area (Å²) < 4.78 is 7.66. The zero-order valence-electron chi connectivity index (χ0n) is 26.7. The lowest BCUT2D eigenvalue weighted by Gasteiger charge is -2.19. The van der Waals surface area contributed by atoms with Gasteiger partial charge >= 0.3 is 0 Å². The number of fused-ring (bicyclic) bond motifs is 1. The number of imidazole rings is 1. The van der Waals surface area contributed by atoms with Crippen LogP contribution >= 0.6 is 0 Å². The summed E-state index contributed by atoms with van der Waals surface area (Å²) in [6.07, 6.45) is 1.80. The van der Waals surface area contributed by atoms with Crippen molar-refractivity contribution in [2.24, 2.45) is 7.05 Å². The lowest BCUT2D eigenvalue weighted by Crippen LogP contribution is -2.35. The molecule has 2 aliphatic rings. The number of aromatic nitrogens is 3. The van der Waals surface area contributed by atoms with E-state index in [-0.39, 0.29) is 17.9 Å². The van der Waals surface area contributed by atoms with Gasteiger partial charge in [-0.05, 0) is 54.7 Å². The number of hydrogen-bond donors (Lipinski definition) is 3. The van der Waals surface area contributed by atoms with E-state index in [4.69, 9.17) is 9.72 Å². The smallest absolute Gasteiger partial charge is 0.291 e. The molecule has 45 heavy (non-hydrogen) atoms. The first kappa shape index (κ1) is 30.5. The van der Waals surface area contributed by atoms with E-state index in [0.717, 1.165) is 88.6 Å². The lowest BCUT2D eigenvalue weighted by molar-refractivity contribution is -0.119. The number of anilines is 1. The van der Waals surface area contributed by atoms with Crippen molar-refractivity contribution in [2.45, 2.75) is 52.7 Å². The van der Waals surface area contributed by atoms with Gasteiger partial charge in [-0.2, -0.15) is 0 Å². The van der Waals surface area contributed by atoms with Crippen molar-refractivity contribution in [2.75, 3.05) is 32.1 Å². The summed E-state index contributed by atoms with van der Waals surface area (Å²) in [6, 6.07) is 16.6. The molecule has 2 aliphatic heterocycles. The zero-order chi connectivity index (χ0) is 31.7. The largest absolute Gasteiger partial charge is 0.481 e. The number of nitrogens with one attached hydrogen (secondary N) is 3. The second kappa shape index (κ2) is 12.8. The van der Waals surface area contributed by atoms with E-state index < -0.39 is 0 Å². The highest BCUT2D eigenvalue weighted by atomic mass is 16.5. The average Bonchev–Trinajstić information content (AvgIpc) is 3.61. The van der Waals surface area contributed by atoms with E-state index >= 15 is 0 Å². The number of hydrogen-bond acceptors (Lipinski definition) is 7. The molecule has 0 bridgehead atoms. The van der Waals surface area contributed by atoms with Crippen LogP contribution in [-0.2, 0) is 31.4 Å². The fraction of sp³-hybridized carbons (Fsp3) is 0.371. The monoisotopic (exact) mass is 607 g/mol. The summed E-state index contributed by atoms with van der Waals surface area (Å²) in [5, 5.41) is 9.47. The van der Waals surface area contributed by atoms with Crippen molar-refractivity contribution < 1.29 is 14.3 Å². The summed E-state index contributed by atoms with van der Waals surface area (Å²) in [6.45, 7) is 9.71. The molecule has 10 nitrogen and oxygen atoms in total. The number of methoxy groups -OCH3 is 1. The third kappa shape index (κ3) is 6.21. The van der Waals surface area contributed by atoms with Crippen LogP contribution in [0.4, 0.5) is 5.69 Å². The van der Waals surface area contributed by atoms with Crippen LogP contribution in [0.2, 0.25) is 0 Å². The second-order valence-corrected chi connectivity index (χ2v) is 12.0. The number of benzene rings is 2. The fourth-order valence-corrected chi connectivity index (χ4v) is 6.64. The Morgan fingerprint density at radius 3 is 2.53 bits per heavy atom. The maximum Gasteiger partial charge on any atom is 0.291 e. The molecule has 0 spiro atoms. The van der Waals surface area contributed by atoms with Crippen LogP contribution < -0.4 is 20.7 Å². The van der Waals surface area contributed by atoms with Crippen LogP contribution in [0.15, 0.2) is 48.5 Å². The van der Waals surface area contributed by atoms with Gasteiger partial charge in [0.15, 0.2) is 5.82 Å². The normalized spacial score (nSPS) is 16.3. The molecule has 2 aromatic carbocycles. The molecule has 1 fully saturated rings. The number of carbonyl (C=O) groups excluding carboxylic acids is 2. The molecule has 234 valence electrons. The average molecular weight is 608 g/mol. The lowest BCUT2D eigenvalue weighted by atomic mass is 9.91. The molecular weight excluding hydrogens is 566 g/mol. The molecule has 2 aromatic heterocycles. The summed E-state index contributed by atoms with van der Waals surface area (Å²) in [7, 11) is 3.57. The van der Waals surface area contributed by atoms with Gasteiger partial charge in [0.1, 0.15) is 0 Å². The van der Waals surface area contributed by atoms with E-state index in [1.165, 1.54) is 0 Å². The van der Waals surface area contributed by atoms with Crippen LogP contribution in [-0.4, -0.2) is 64.0 Å². The summed E-state index contributed by atoms with van der Waals surface area (Å²) in [5.41, 5.74) is 9.87. The molecule has 10 heteroatoms. The zero-order valence-corrected chi connectivity index (χ0v) is 26.7. The van der Waals surface area contributed by atoms with Crippen molar-refractivity contribution in [1.82, 2.24) is 30.1 Å². The number of amides is 2. The number of likely N-dealkylation sites (tertiary alicyclic amines) is 1. The van der Waals surface area contributed by atoms with E-state index in [1.54, 1.807) is 14.0 Å². The fourth-order valence-electron chi connectivity index (χ4n) is 6.64. The van der Waals surface area contributed by atoms with Gasteiger partial charge in [0.05, 0.1) is 18.5 Å². The Bertz CT molecular complexity index is 1760. The Labute approximate surface area is 264 Å². The van der Waals surface area contributed by atoms with E-state index in [1.807, 2.05) is 36.7 Å². The van der Waals surface area contributed by atoms with Gasteiger partial charge in [0, 0.05) is 81.7 Å². The number of rotatable bonds is 8. The minimum atomic E-state index is -0.214. The second-order valence-electron chi connectivity index (χ2n) is 12.0. The Morgan fingerprint density at radius 1 is 1.02 bits per heavy atom. The van der Waals surface area contributed by atoms with Gasteiger partial charge < -0.3 is 25.3 Å². The van der Waals surface area contributed by atoms with Crippen LogP contribution in [0.1, 0.15) is 52.0 Å². The Kier molecular flexibility index (Phi) is 8.69. The number of carbonyl (C=O) groups is 2. The van der Waals surface area contributed by atoms with Crippen LogP contribution in [0.25, 0.3) is 22.4 Å². The predicted molar refractivity (Wildman–Crippen MR) is 175 cm³/mol. The van der Waals surface area contributed by atoms with Crippen molar-refractivity contribution >= 4 is 17.5 Å². The van der Waals surface area contributed by atoms with Gasteiger partial charge in [0.25, 0.3) is 5.91 Å². The Balaban J connectivity index is 1.24. The first-order chi connectivity index (χ1) is 21.7. The molecule has 0 saturated carbocycles. The molecule has 1 saturated heterocycles. The summed E-state index contributed by atoms with van der Waals surface area (Å²) in [5.74, 6) is 0.823. The Morgan fingerprint density at radius 2 is 1.78 bits per heavy atom. The first-order valence-corrected chi connectivity index (χ1v) is 15.5. The minimum Gasteiger partial charge on any atom is -0.481 e. The maximum atomic E-state index is 13.4. The number of pyridine rings is 1. The Hall–Kier alpha value is -4.54. The molecule has 4 aromatic rings. The highest BCUT2D eigenvalue weighted by molar-refractivity contribution is 6.03. The third-order valence-electron chi connectivity index (χ3n) is 9.02. The van der Waals surface area contributed by atoms with Crippen molar-refractivity contribution in [3.8, 4) is 28.3 Å². The quantitative estimate of drug-likeness (QED) is 0.273. The molecule has 1 atom stereocenters. The maximum absolute atomic E-state index is 13.4. The molecular formula is C35H41N7O3. The number of nitrogens with zero attached hydrogens (tertiary/aromatic N) is 4. The molecule has 2 amide bonds. The molecule has 0 radical (unpaired) electrons. The molecule has 0 aliphatic carbocycles. The minimum absolute atomic E-state index is 0.00940. The van der Waals surface area contributed by atoms with Crippen molar-refractivity contribution in [3.05, 3.63) is 82.4 Å². The summed E-state index contributed by atoms with van der Waals surface area (Å²) in [4.78, 5) is 36.7. The number of ether oxygens (including phenoxy) is 1. The van der Waals surface area contributed by atoms with Gasteiger partial charge in [0.2, 0.25) is 11.8 Å². The van der Waals surface area contributed by atoms with Gasteiger partial charge in [-0.25, -0.2) is 9.97 Å². The molecule has 3 N–H and O–H groups in total. The van der Waals surface area contributed by atoms with Gasteiger partial charge in [-0.1, -0.05) is 36.4 Å². The van der Waals surface area contributed by atoms with Gasteiger partial charge in [-0.3, -0.25) is 14.5 Å². The van der Waals surface area contributed by atoms with Crippen LogP contribution in [0.3, 0.4) is 0 Å². The first-order valence-electron chi connectivity index (χ1n) is 15.5. The standard InChI is InChI=1S/C35H41N7O3/c1-21-26(27-9-7-11-29(22(27)2)39-34(44)33-38-31-18-36-16-14-32(31)41(33)4)8-6-10-28(21)30-13-12-24(35(40-30)45-5)19-42-17-15-25(20-42)37-23(3)43/h6-13,25,36H,14-20H2,1-5H3,(H,37,43)(H,39,44)/t25-/m1/s1. The topological polar surface area (TPSA) is 113 Å². The third-order valence-corrected chi connectivity index (χ3v) is 9.02. The van der Waals surface area contributed by atoms with Gasteiger partial charge in [-0.15, -0.1) is 0 Å². The van der Waals surface area contributed by atoms with Crippen molar-refractivity contribution in [3.63, 3.8) is 0 Å². The van der Waals surface area contributed by atoms with E-state index in [2.05, 4.69) is 63.1 Å². The SMILES string of the molecule is COc1nc(-c2cccc(-c3cccc(NC(=O)c4nc5c(n4C)CCNC5)c3C)c2C)ccc1CN1CC[C@@H](NC(C)=O)C1. The molecule has 6 rings (SSSR count). The highest BCUT2D eigenvalue weighted by Gasteiger charge is 2.25. The van der Waals surface area contributed by atoms with E-state index in [0.29, 0.717) is 24.8 Å². The highest BCUT2D eigenvalue weighted by Crippen LogP contribution is 2.36. The summed E-state index contributed by atoms with van der Waals surface area (Å²) >= 11 is 0. The van der Waals surface area contributed by atoms with E-state index in [9.17, 15) is 9.59 Å². The van der Waals surface area contributed by atoms with Crippen LogP contribution in [0, 0.1) is 13.8 Å². The van der Waals surface area contributed by atoms with Crippen molar-refractivity contribution in [1.29, 1.82) is 0 Å².